The van der Waals surface area contributed by atoms with E-state index in [2.05, 4.69) is 104 Å². The summed E-state index contributed by atoms with van der Waals surface area (Å²) in [6.45, 7) is 9.20. The Morgan fingerprint density at radius 3 is 1.81 bits per heavy atom. The highest BCUT2D eigenvalue weighted by Gasteiger charge is 2.33. The Morgan fingerprint density at radius 2 is 1.19 bits per heavy atom. The molecule has 0 amide bonds. The molecule has 5 aromatic carbocycles. The molecule has 3 heterocycles. The zero-order valence-corrected chi connectivity index (χ0v) is 69.9. The van der Waals surface area contributed by atoms with Crippen LogP contribution < -0.4 is 87.0 Å². The van der Waals surface area contributed by atoms with Crippen LogP contribution in [0.25, 0.3) is 37.8 Å². The summed E-state index contributed by atoms with van der Waals surface area (Å²) >= 11 is 25.9. The Morgan fingerprint density at radius 1 is 0.611 bits per heavy atom. The van der Waals surface area contributed by atoms with Gasteiger partial charge in [0, 0.05) is 65.0 Å². The fourth-order valence-electron chi connectivity index (χ4n) is 14.9. The molecule has 6 aliphatic carbocycles. The van der Waals surface area contributed by atoms with Crippen LogP contribution in [0.15, 0.2) is 173 Å². The minimum absolute atomic E-state index is 0.00717. The number of H-pyrrole nitrogens is 1. The molecule has 0 radical (unpaired) electrons. The van der Waals surface area contributed by atoms with Gasteiger partial charge in [-0.05, 0) is 268 Å². The molecule has 0 aliphatic heterocycles. The molecule has 0 spiro atoms. The second kappa shape index (κ2) is 43.6. The van der Waals surface area contributed by atoms with E-state index in [1.807, 2.05) is 149 Å². The van der Waals surface area contributed by atoms with Gasteiger partial charge in [-0.15, -0.1) is 20.4 Å². The van der Waals surface area contributed by atoms with E-state index in [4.69, 9.17) is 98.5 Å². The van der Waals surface area contributed by atoms with Crippen molar-refractivity contribution in [2.75, 3.05) is 24.3 Å². The van der Waals surface area contributed by atoms with Crippen LogP contribution in [-0.2, 0) is 14.1 Å². The topological polar surface area (TPSA) is 407 Å². The molecule has 3 atom stereocenters. The number of thiazole rings is 1. The Bertz CT molecular complexity index is 4940. The number of rotatable bonds is 15. The molecule has 6 aliphatic rings. The van der Waals surface area contributed by atoms with Gasteiger partial charge in [0.15, 0.2) is 26.3 Å². The van der Waals surface area contributed by atoms with Crippen molar-refractivity contribution in [3.63, 3.8) is 0 Å². The Hall–Kier alpha value is -10.3. The minimum atomic E-state index is -0.173. The second-order valence-electron chi connectivity index (χ2n) is 27.7. The number of anilines is 2. The minimum Gasteiger partial charge on any atom is -0.494 e. The number of nitrogens with zero attached hydrogens (tertiary/aromatic N) is 11. The van der Waals surface area contributed by atoms with Crippen molar-refractivity contribution in [1.29, 1.82) is 0 Å². The molecule has 600 valence electrons. The quantitative estimate of drug-likeness (QED) is 0.0113. The van der Waals surface area contributed by atoms with Gasteiger partial charge >= 0.3 is 0 Å². The largest absolute Gasteiger partial charge is 0.494 e. The maximum absolute atomic E-state index is 13.0. The van der Waals surface area contributed by atoms with Gasteiger partial charge in [0.1, 0.15) is 23.0 Å². The zero-order chi connectivity index (χ0) is 80.9. The summed E-state index contributed by atoms with van der Waals surface area (Å²) in [4.78, 5) is 16.6. The number of ether oxygens (including phenoxy) is 2. The van der Waals surface area contributed by atoms with Gasteiger partial charge in [-0.25, -0.2) is 4.68 Å². The summed E-state index contributed by atoms with van der Waals surface area (Å²) < 4.78 is 17.8. The van der Waals surface area contributed by atoms with E-state index in [9.17, 15) is 4.79 Å². The second-order valence-corrected chi connectivity index (χ2v) is 30.9. The van der Waals surface area contributed by atoms with Crippen molar-refractivity contribution in [3.8, 4) is 28.3 Å². The van der Waals surface area contributed by atoms with Crippen LogP contribution in [0.2, 0.25) is 0 Å². The molecule has 8 aromatic rings. The van der Waals surface area contributed by atoms with E-state index < -0.39 is 0 Å². The lowest BCUT2D eigenvalue weighted by Crippen LogP contribution is -2.30. The van der Waals surface area contributed by atoms with Crippen LogP contribution in [0.4, 0.5) is 17.3 Å². The number of azo groups is 1. The van der Waals surface area contributed by atoms with E-state index >= 15 is 0 Å². The number of aromatic nitrogens is 4. The number of benzene rings is 5. The molecule has 3 unspecified atom stereocenters. The van der Waals surface area contributed by atoms with Crippen LogP contribution in [0.3, 0.4) is 0 Å². The van der Waals surface area contributed by atoms with Gasteiger partial charge in [-0.3, -0.25) is 31.2 Å². The lowest BCUT2D eigenvalue weighted by atomic mass is 9.78. The molecule has 4 saturated carbocycles. The Balaban J connectivity index is 0.000000159. The summed E-state index contributed by atoms with van der Waals surface area (Å²) in [6.07, 6.45) is 27.7. The standard InChI is InChI=1S/C20H20N6OS2.C18H19N3O2S.C13H21N3S.C11H20N4.C9H9N5S.C9H17N3S/c1-13-17(18(27)26(25(13)3)14-9-5-4-6-10-14)21-19(28)22-23-20-24(2)15-11-7-8-12-16(15)29-20;1-3-22-11-5-7-13-14-8-6-12(23-4-2)10-16(14)17(15(13)9-11)20-21-18(19)24;14-13(17)16-15-12-9-5-4-8-11(12)10-6-2-1-3-7-10;12-11(13)15-14-10-7-3-6-9(10)8-4-1-2-5-8;10-7-5-3-1-2-4-6(5)8(12-7)13-14-9(11)15;1-2-7-5-3-4-6-8(7)11-12-9(10)13/h4-12H,1-3H3,(H2,21,22,28);5-10H,3-4H2,1-2H3,(H3,19,21,24);6,11H,1-5,7-9H2,(H3,14,16,17);8-9H,1-7H2,(H4,12,13,15);1-4,12H,10H2,(H2,11,15);7H,2-6H2,1H3,(H3,10,12,13)/b23-20+;;15-12+;14-10+;;11-8+. The van der Waals surface area contributed by atoms with E-state index in [1.54, 1.807) is 26.3 Å². The van der Waals surface area contributed by atoms with Crippen molar-refractivity contribution >= 4 is 165 Å². The highest BCUT2D eigenvalue weighted by Crippen LogP contribution is 2.42. The summed E-state index contributed by atoms with van der Waals surface area (Å²) in [5, 5.41) is 38.6. The molecule has 3 aromatic heterocycles. The van der Waals surface area contributed by atoms with Crippen LogP contribution in [-0.4, -0.2) is 86.5 Å². The summed E-state index contributed by atoms with van der Waals surface area (Å²) in [7, 11) is 3.79. The first kappa shape index (κ1) is 86.7. The van der Waals surface area contributed by atoms with E-state index in [0.717, 1.165) is 108 Å². The fourth-order valence-corrected chi connectivity index (χ4v) is 16.2. The van der Waals surface area contributed by atoms with E-state index in [0.29, 0.717) is 48.3 Å². The molecule has 14 rings (SSSR count). The van der Waals surface area contributed by atoms with Gasteiger partial charge in [0.05, 0.1) is 40.5 Å². The number of thiocarbonyl (C=S) groups is 5. The number of guanidine groups is 1. The average Bonchev–Trinajstić information content (AvgIpc) is 1.59. The predicted molar refractivity (Wildman–Crippen MR) is 483 cm³/mol. The predicted octanol–water partition coefficient (Wildman–Crippen LogP) is 14.2. The maximum Gasteiger partial charge on any atom is 0.295 e. The number of allylic oxidation sites excluding steroid dienone is 2. The SMILES string of the molecule is CCC1CCCC/C1=N\NC(N)=S.CCOc1ccc2c(c1)C(=NNC(N)=S)c1cc(OCC)ccc1-2.Cc1c(NC(=S)N/N=c2/sc3ccccc3n2C)c(=O)n(-c2ccccc2)n1C.NC(=S)N/N=C1\CCCCC1C1=CCCCC1.NC(=S)N=Nc1[nH]c(N)c2ccccc12.NC(N)=N/N=C1\CCCC1C1CCCC1. The van der Waals surface area contributed by atoms with E-state index in [1.165, 1.54) is 120 Å². The maximum atomic E-state index is 13.0. The van der Waals surface area contributed by atoms with Crippen LogP contribution >= 0.6 is 72.4 Å². The summed E-state index contributed by atoms with van der Waals surface area (Å²) in [6, 6.07) is 37.2. The highest BCUT2D eigenvalue weighted by molar-refractivity contribution is 7.81. The number of fused-ring (bicyclic) bond motifs is 5. The van der Waals surface area contributed by atoms with Crippen LogP contribution in [0.1, 0.15) is 166 Å². The molecular formula is C80H106N24O3S6. The van der Waals surface area contributed by atoms with Crippen LogP contribution in [0.5, 0.6) is 11.5 Å². The van der Waals surface area contributed by atoms with Crippen molar-refractivity contribution in [1.82, 2.24) is 40.6 Å². The van der Waals surface area contributed by atoms with Gasteiger partial charge < -0.3 is 64.5 Å². The van der Waals surface area contributed by atoms with Crippen molar-refractivity contribution in [3.05, 3.63) is 159 Å². The molecule has 33 heteroatoms. The average molecular weight is 1640 g/mol. The lowest BCUT2D eigenvalue weighted by molar-refractivity contribution is 0.340. The Labute approximate surface area is 691 Å². The number of para-hydroxylation sites is 2. The first-order valence-electron chi connectivity index (χ1n) is 38.4. The molecule has 4 fully saturated rings. The first-order chi connectivity index (χ1) is 54.6. The highest BCUT2D eigenvalue weighted by atomic mass is 32.1. The van der Waals surface area contributed by atoms with Gasteiger partial charge in [-0.1, -0.05) is 110 Å². The number of nitrogens with two attached hydrogens (primary N) is 7. The zero-order valence-electron chi connectivity index (χ0n) is 65.0. The third-order valence-electron chi connectivity index (χ3n) is 20.2. The number of aryl methyl sites for hydroxylation is 1. The third-order valence-corrected chi connectivity index (χ3v) is 21.9. The van der Waals surface area contributed by atoms with Crippen molar-refractivity contribution in [2.45, 2.75) is 156 Å². The van der Waals surface area contributed by atoms with Gasteiger partial charge in [0.2, 0.25) is 15.9 Å². The molecule has 0 saturated heterocycles. The summed E-state index contributed by atoms with van der Waals surface area (Å²) in [5.41, 5.74) is 61.9. The monoisotopic (exact) mass is 1640 g/mol. The normalized spacial score (nSPS) is 18.1. The molecule has 27 nitrogen and oxygen atoms in total. The summed E-state index contributed by atoms with van der Waals surface area (Å²) in [5.74, 6) is 5.49. The van der Waals surface area contributed by atoms with Crippen molar-refractivity contribution in [2.24, 2.45) is 113 Å². The van der Waals surface area contributed by atoms with Crippen molar-refractivity contribution < 1.29 is 9.47 Å². The number of nitrogen functional groups attached to an aromatic ring is 1. The molecular weight excluding hydrogens is 1540 g/mol. The first-order valence-corrected chi connectivity index (χ1v) is 41.3. The smallest absolute Gasteiger partial charge is 0.295 e. The number of nitrogens with one attached hydrogen (secondary N) is 6. The molecule has 113 heavy (non-hydrogen) atoms. The Kier molecular flexibility index (Phi) is 33.5. The fraction of sp³-hybridized carbons (Fsp3) is 0.400. The number of hydrogen-bond acceptors (Lipinski definition) is 17. The van der Waals surface area contributed by atoms with Gasteiger partial charge in [0.25, 0.3) is 5.56 Å². The third kappa shape index (κ3) is 24.6. The molecule has 0 bridgehead atoms. The van der Waals surface area contributed by atoms with Crippen LogP contribution in [0, 0.1) is 30.6 Å². The number of hydrogen-bond donors (Lipinski definition) is 13. The van der Waals surface area contributed by atoms with E-state index in [-0.39, 0.29) is 37.1 Å². The number of hydrazone groups is 3. The number of aromatic amines is 1. The molecule has 20 N–H and O–H groups in total. The van der Waals surface area contributed by atoms with Gasteiger partial charge in [-0.2, -0.15) is 20.4 Å². The lowest BCUT2D eigenvalue weighted by Gasteiger charge is -2.28.